The maximum atomic E-state index is 11.9. The number of nitrogens with zero attached hydrogens (tertiary/aromatic N) is 4. The summed E-state index contributed by atoms with van der Waals surface area (Å²) in [6, 6.07) is 3.22. The minimum Gasteiger partial charge on any atom is -0.594 e. The van der Waals surface area contributed by atoms with Crippen LogP contribution in [-0.4, -0.2) is 10.4 Å². The summed E-state index contributed by atoms with van der Waals surface area (Å²) in [5.74, 6) is 0. The first-order chi connectivity index (χ1) is 7.74. The predicted octanol–water partition coefficient (Wildman–Crippen LogP) is 5.09. The Balaban J connectivity index is 3.42. The van der Waals surface area contributed by atoms with Gasteiger partial charge in [-0.05, 0) is 52.7 Å². The summed E-state index contributed by atoms with van der Waals surface area (Å²) in [5, 5.41) is 24.7. The van der Waals surface area contributed by atoms with Crippen molar-refractivity contribution in [2.75, 3.05) is 0 Å². The van der Waals surface area contributed by atoms with Crippen molar-refractivity contribution in [2.45, 2.75) is 26.3 Å². The second kappa shape index (κ2) is 5.10. The number of hydrogen-bond donors (Lipinski definition) is 0. The first-order valence-corrected chi connectivity index (χ1v) is 6.37. The highest BCUT2D eigenvalue weighted by molar-refractivity contribution is 9.11. The maximum absolute atomic E-state index is 11.9. The van der Waals surface area contributed by atoms with Crippen molar-refractivity contribution >= 4 is 43.2 Å². The molecule has 1 rings (SSSR count). The van der Waals surface area contributed by atoms with E-state index in [1.54, 1.807) is 26.8 Å². The lowest BCUT2D eigenvalue weighted by atomic mass is 10.1. The predicted molar refractivity (Wildman–Crippen MR) is 72.1 cm³/mol. The van der Waals surface area contributed by atoms with Crippen LogP contribution in [0.25, 0.3) is 4.98 Å². The van der Waals surface area contributed by atoms with E-state index < -0.39 is 5.54 Å². The number of rotatable bonds is 1. The molecule has 1 aromatic rings. The fourth-order valence-corrected chi connectivity index (χ4v) is 2.49. The summed E-state index contributed by atoms with van der Waals surface area (Å²) in [5.41, 5.74) is -0.194. The molecule has 0 saturated carbocycles. The summed E-state index contributed by atoms with van der Waals surface area (Å²) < 4.78 is 1.20. The van der Waals surface area contributed by atoms with Crippen LogP contribution in [0, 0.1) is 10.6 Å². The third-order valence-electron chi connectivity index (χ3n) is 1.70. The van der Waals surface area contributed by atoms with Gasteiger partial charge in [-0.1, -0.05) is 15.9 Å². The molecular weight excluding hydrogens is 352 g/mol. The van der Waals surface area contributed by atoms with Crippen molar-refractivity contribution in [3.63, 3.8) is 0 Å². The molecule has 0 unspecified atom stereocenters. The molecule has 5 nitrogen and oxygen atoms in total. The summed E-state index contributed by atoms with van der Waals surface area (Å²) >= 11 is 6.49. The lowest BCUT2D eigenvalue weighted by molar-refractivity contribution is -0.449. The monoisotopic (exact) mass is 361 g/mol. The fraction of sp³-hybridized carbons (Fsp3) is 0.400. The van der Waals surface area contributed by atoms with E-state index in [2.05, 4.69) is 42.0 Å². The topological polar surface area (TPSA) is 66.6 Å². The SMILES string of the molecule is CC(C)(C)N=[N+]([O-])c1c(Br)cc(Br)cc1[N+]#N. The van der Waals surface area contributed by atoms with Gasteiger partial charge in [0.2, 0.25) is 5.39 Å². The van der Waals surface area contributed by atoms with Crippen molar-refractivity contribution in [3.05, 3.63) is 31.3 Å². The fourth-order valence-electron chi connectivity index (χ4n) is 1.14. The van der Waals surface area contributed by atoms with E-state index in [4.69, 9.17) is 5.39 Å². The van der Waals surface area contributed by atoms with Crippen molar-refractivity contribution in [1.29, 1.82) is 5.39 Å². The van der Waals surface area contributed by atoms with E-state index in [0.29, 0.717) is 13.8 Å². The molecule has 1 aromatic carbocycles. The Bertz CT molecular complexity index is 514. The Hall–Kier alpha value is -1.00. The quantitative estimate of drug-likeness (QED) is 0.302. The number of azo groups is 1. The molecule has 0 fully saturated rings. The molecule has 0 atom stereocenters. The maximum Gasteiger partial charge on any atom is 0.461 e. The van der Waals surface area contributed by atoms with Gasteiger partial charge in [0.1, 0.15) is 10.0 Å². The van der Waals surface area contributed by atoms with Gasteiger partial charge in [0, 0.05) is 4.47 Å². The first-order valence-electron chi connectivity index (χ1n) is 4.79. The van der Waals surface area contributed by atoms with Gasteiger partial charge in [-0.2, -0.15) is 0 Å². The Labute approximate surface area is 116 Å². The Morgan fingerprint density at radius 1 is 1.35 bits per heavy atom. The average Bonchev–Trinajstić information content (AvgIpc) is 2.12. The minimum atomic E-state index is -0.513. The van der Waals surface area contributed by atoms with Crippen LogP contribution in [0.3, 0.4) is 0 Å². The van der Waals surface area contributed by atoms with Gasteiger partial charge in [0.25, 0.3) is 0 Å². The second-order valence-corrected chi connectivity index (χ2v) is 6.17. The van der Waals surface area contributed by atoms with E-state index in [1.807, 2.05) is 0 Å². The van der Waals surface area contributed by atoms with Gasteiger partial charge < -0.3 is 5.21 Å². The van der Waals surface area contributed by atoms with Gasteiger partial charge in [-0.25, -0.2) is 0 Å². The van der Waals surface area contributed by atoms with Crippen molar-refractivity contribution in [2.24, 2.45) is 5.11 Å². The summed E-state index contributed by atoms with van der Waals surface area (Å²) in [6.45, 7) is 5.42. The van der Waals surface area contributed by atoms with Crippen molar-refractivity contribution < 1.29 is 4.86 Å². The average molecular weight is 363 g/mol. The van der Waals surface area contributed by atoms with Gasteiger partial charge in [0.05, 0.1) is 6.07 Å². The molecule has 0 radical (unpaired) electrons. The van der Waals surface area contributed by atoms with E-state index in [1.165, 1.54) is 6.07 Å². The van der Waals surface area contributed by atoms with E-state index >= 15 is 0 Å². The highest BCUT2D eigenvalue weighted by Gasteiger charge is 2.29. The molecule has 0 saturated heterocycles. The molecule has 0 aliphatic carbocycles. The molecule has 0 spiro atoms. The van der Waals surface area contributed by atoms with Crippen LogP contribution in [0.5, 0.6) is 0 Å². The van der Waals surface area contributed by atoms with Crippen LogP contribution >= 0.6 is 31.9 Å². The zero-order valence-electron chi connectivity index (χ0n) is 9.61. The Morgan fingerprint density at radius 3 is 2.41 bits per heavy atom. The molecular formula is C10H11Br2N4O+. The van der Waals surface area contributed by atoms with Gasteiger partial charge in [-0.15, -0.1) is 0 Å². The van der Waals surface area contributed by atoms with Crippen LogP contribution in [0.4, 0.5) is 11.4 Å². The van der Waals surface area contributed by atoms with Crippen LogP contribution in [-0.2, 0) is 0 Å². The van der Waals surface area contributed by atoms with Crippen LogP contribution in [0.15, 0.2) is 26.2 Å². The van der Waals surface area contributed by atoms with Crippen molar-refractivity contribution in [3.8, 4) is 0 Å². The lowest BCUT2D eigenvalue weighted by Gasteiger charge is -2.09. The third kappa shape index (κ3) is 3.75. The van der Waals surface area contributed by atoms with Crippen molar-refractivity contribution in [1.82, 2.24) is 0 Å². The number of hydrogen-bond acceptors (Lipinski definition) is 3. The lowest BCUT2D eigenvalue weighted by Crippen LogP contribution is -2.13. The molecule has 0 bridgehead atoms. The molecule has 7 heteroatoms. The van der Waals surface area contributed by atoms with Gasteiger partial charge in [-0.3, -0.25) is 0 Å². The smallest absolute Gasteiger partial charge is 0.461 e. The zero-order chi connectivity index (χ0) is 13.2. The molecule has 0 aromatic heterocycles. The second-order valence-electron chi connectivity index (χ2n) is 4.40. The molecule has 17 heavy (non-hydrogen) atoms. The standard InChI is InChI=1S/C10H11Br2N4O/c1-10(2,3)15-16(17)9-7(12)4-6(11)5-8(9)14-13/h4-5H,1-3H3/q+1. The highest BCUT2D eigenvalue weighted by atomic mass is 79.9. The third-order valence-corrected chi connectivity index (χ3v) is 2.76. The van der Waals surface area contributed by atoms with E-state index in [9.17, 15) is 5.21 Å². The number of benzene rings is 1. The van der Waals surface area contributed by atoms with Gasteiger partial charge in [0.15, 0.2) is 4.98 Å². The summed E-state index contributed by atoms with van der Waals surface area (Å²) in [6.07, 6.45) is 0. The molecule has 0 aliphatic heterocycles. The highest BCUT2D eigenvalue weighted by Crippen LogP contribution is 2.38. The number of diazo groups is 1. The molecule has 0 amide bonds. The van der Waals surface area contributed by atoms with E-state index in [0.717, 1.165) is 0 Å². The van der Waals surface area contributed by atoms with Crippen LogP contribution in [0.2, 0.25) is 0 Å². The molecule has 0 N–H and O–H groups in total. The molecule has 0 heterocycles. The zero-order valence-corrected chi connectivity index (χ0v) is 12.8. The normalized spacial score (nSPS) is 12.4. The molecule has 0 aliphatic rings. The minimum absolute atomic E-state index is 0.147. The summed E-state index contributed by atoms with van der Waals surface area (Å²) in [7, 11) is 0. The largest absolute Gasteiger partial charge is 0.594 e. The Morgan fingerprint density at radius 2 is 1.94 bits per heavy atom. The van der Waals surface area contributed by atoms with Crippen LogP contribution < -0.4 is 0 Å². The van der Waals surface area contributed by atoms with Gasteiger partial charge >= 0.3 is 11.4 Å². The van der Waals surface area contributed by atoms with E-state index in [-0.39, 0.29) is 11.4 Å². The molecule has 90 valence electrons. The number of halogens is 2. The first kappa shape index (κ1) is 14.1. The summed E-state index contributed by atoms with van der Waals surface area (Å²) in [4.78, 5) is 3.55. The van der Waals surface area contributed by atoms with Crippen LogP contribution in [0.1, 0.15) is 20.8 Å². The Kier molecular flexibility index (Phi) is 4.22.